The van der Waals surface area contributed by atoms with Crippen LogP contribution in [0.1, 0.15) is 16.7 Å². The Morgan fingerprint density at radius 1 is 1.00 bits per heavy atom. The Kier molecular flexibility index (Phi) is 6.45. The highest BCUT2D eigenvalue weighted by Crippen LogP contribution is 2.35. The van der Waals surface area contributed by atoms with E-state index in [1.54, 1.807) is 12.1 Å². The molecule has 0 atom stereocenters. The molecule has 156 valence electrons. The van der Waals surface area contributed by atoms with Gasteiger partial charge in [-0.15, -0.1) is 0 Å². The fraction of sp³-hybridized carbons (Fsp3) is 0.227. The van der Waals surface area contributed by atoms with Crippen molar-refractivity contribution in [3.8, 4) is 11.5 Å². The highest BCUT2D eigenvalue weighted by molar-refractivity contribution is 14.1. The summed E-state index contributed by atoms with van der Waals surface area (Å²) in [5.74, 6) is -0.227. The highest BCUT2D eigenvalue weighted by Gasteiger charge is 2.37. The molecule has 0 unspecified atom stereocenters. The number of hydrogen-bond donors (Lipinski definition) is 0. The quantitative estimate of drug-likeness (QED) is 0.342. The zero-order valence-electron chi connectivity index (χ0n) is 17.1. The van der Waals surface area contributed by atoms with Crippen LogP contribution in [-0.2, 0) is 16.2 Å². The minimum Gasteiger partial charge on any atom is -0.493 e. The van der Waals surface area contributed by atoms with Gasteiger partial charge in [0, 0.05) is 14.1 Å². The SMILES string of the molecule is COc1cc(C=C2C(=O)N(C)C(=O)N(C)C2=O)cc(I)c1OCc1ccc(C)cc1. The second-order valence-corrected chi connectivity index (χ2v) is 8.04. The number of carbonyl (C=O) groups is 3. The summed E-state index contributed by atoms with van der Waals surface area (Å²) in [7, 11) is 4.21. The number of halogens is 1. The standard InChI is InChI=1S/C22H21IN2O5/c1-13-5-7-14(8-6-13)12-30-19-17(23)10-15(11-18(19)29-4)9-16-20(26)24(2)22(28)25(3)21(16)27/h5-11H,12H2,1-4H3. The van der Waals surface area contributed by atoms with Gasteiger partial charge in [0.2, 0.25) is 0 Å². The van der Waals surface area contributed by atoms with Crippen LogP contribution in [-0.4, -0.2) is 48.9 Å². The number of hydrogen-bond acceptors (Lipinski definition) is 5. The molecule has 2 aromatic carbocycles. The normalized spacial score (nSPS) is 14.3. The van der Waals surface area contributed by atoms with Crippen molar-refractivity contribution in [2.24, 2.45) is 0 Å². The van der Waals surface area contributed by atoms with Crippen LogP contribution in [0.4, 0.5) is 4.79 Å². The highest BCUT2D eigenvalue weighted by atomic mass is 127. The summed E-state index contributed by atoms with van der Waals surface area (Å²) in [5.41, 5.74) is 2.70. The van der Waals surface area contributed by atoms with E-state index < -0.39 is 17.8 Å². The van der Waals surface area contributed by atoms with E-state index in [-0.39, 0.29) is 5.57 Å². The molecular formula is C22H21IN2O5. The van der Waals surface area contributed by atoms with Crippen molar-refractivity contribution < 1.29 is 23.9 Å². The van der Waals surface area contributed by atoms with Crippen LogP contribution in [0.2, 0.25) is 0 Å². The van der Waals surface area contributed by atoms with E-state index in [0.29, 0.717) is 23.7 Å². The van der Waals surface area contributed by atoms with Crippen molar-refractivity contribution in [3.63, 3.8) is 0 Å². The molecule has 2 aromatic rings. The number of rotatable bonds is 5. The molecule has 7 nitrogen and oxygen atoms in total. The van der Waals surface area contributed by atoms with E-state index in [4.69, 9.17) is 9.47 Å². The predicted molar refractivity (Wildman–Crippen MR) is 120 cm³/mol. The average Bonchev–Trinajstić information content (AvgIpc) is 2.74. The van der Waals surface area contributed by atoms with Crippen LogP contribution in [0.5, 0.6) is 11.5 Å². The van der Waals surface area contributed by atoms with Crippen molar-refractivity contribution in [1.82, 2.24) is 9.80 Å². The molecule has 3 rings (SSSR count). The van der Waals surface area contributed by atoms with Crippen molar-refractivity contribution in [2.75, 3.05) is 21.2 Å². The summed E-state index contributed by atoms with van der Waals surface area (Å²) >= 11 is 2.12. The van der Waals surface area contributed by atoms with Gasteiger partial charge in [0.1, 0.15) is 12.2 Å². The summed E-state index contributed by atoms with van der Waals surface area (Å²) in [4.78, 5) is 38.6. The molecule has 1 fully saturated rings. The molecular weight excluding hydrogens is 499 g/mol. The Bertz CT molecular complexity index is 1020. The van der Waals surface area contributed by atoms with E-state index in [0.717, 1.165) is 18.9 Å². The topological polar surface area (TPSA) is 76.2 Å². The first-order valence-corrected chi connectivity index (χ1v) is 10.2. The summed E-state index contributed by atoms with van der Waals surface area (Å²) in [6.07, 6.45) is 1.46. The van der Waals surface area contributed by atoms with Crippen LogP contribution >= 0.6 is 22.6 Å². The van der Waals surface area contributed by atoms with Gasteiger partial charge in [-0.25, -0.2) is 4.79 Å². The fourth-order valence-electron chi connectivity index (χ4n) is 2.94. The Morgan fingerprint density at radius 2 is 1.60 bits per heavy atom. The third-order valence-corrected chi connectivity index (χ3v) is 5.51. The number of likely N-dealkylation sites (N-methyl/N-ethyl adjacent to an activating group) is 2. The number of barbiturate groups is 1. The molecule has 0 spiro atoms. The molecule has 0 aromatic heterocycles. The summed E-state index contributed by atoms with van der Waals surface area (Å²) in [6, 6.07) is 10.9. The van der Waals surface area contributed by atoms with Gasteiger partial charge in [0.05, 0.1) is 10.7 Å². The zero-order valence-corrected chi connectivity index (χ0v) is 19.2. The molecule has 0 saturated carbocycles. The first-order valence-electron chi connectivity index (χ1n) is 9.10. The number of urea groups is 1. The maximum atomic E-state index is 12.4. The van der Waals surface area contributed by atoms with Gasteiger partial charge >= 0.3 is 6.03 Å². The maximum Gasteiger partial charge on any atom is 0.333 e. The van der Waals surface area contributed by atoms with Gasteiger partial charge < -0.3 is 9.47 Å². The van der Waals surface area contributed by atoms with Gasteiger partial charge in [-0.1, -0.05) is 29.8 Å². The lowest BCUT2D eigenvalue weighted by molar-refractivity contribution is -0.134. The number of carbonyl (C=O) groups excluding carboxylic acids is 3. The van der Waals surface area contributed by atoms with E-state index in [1.807, 2.05) is 31.2 Å². The number of aryl methyl sites for hydroxylation is 1. The van der Waals surface area contributed by atoms with E-state index in [9.17, 15) is 14.4 Å². The number of amides is 4. The Balaban J connectivity index is 1.90. The van der Waals surface area contributed by atoms with Gasteiger partial charge in [-0.05, 0) is 58.9 Å². The lowest BCUT2D eigenvalue weighted by atomic mass is 10.1. The lowest BCUT2D eigenvalue weighted by Crippen LogP contribution is -2.52. The molecule has 1 aliphatic heterocycles. The molecule has 0 radical (unpaired) electrons. The maximum absolute atomic E-state index is 12.4. The van der Waals surface area contributed by atoms with Crippen LogP contribution in [0.25, 0.3) is 6.08 Å². The second kappa shape index (κ2) is 8.86. The zero-order chi connectivity index (χ0) is 22.0. The van der Waals surface area contributed by atoms with Crippen molar-refractivity contribution >= 4 is 46.5 Å². The third-order valence-electron chi connectivity index (χ3n) is 4.71. The van der Waals surface area contributed by atoms with Gasteiger partial charge in [0.25, 0.3) is 11.8 Å². The number of benzene rings is 2. The lowest BCUT2D eigenvalue weighted by Gasteiger charge is -2.28. The Morgan fingerprint density at radius 3 is 2.17 bits per heavy atom. The van der Waals surface area contributed by atoms with Crippen LogP contribution in [0.15, 0.2) is 42.0 Å². The van der Waals surface area contributed by atoms with Gasteiger partial charge in [0.15, 0.2) is 11.5 Å². The van der Waals surface area contributed by atoms with E-state index in [1.165, 1.54) is 32.8 Å². The smallest absolute Gasteiger partial charge is 0.333 e. The average molecular weight is 520 g/mol. The second-order valence-electron chi connectivity index (χ2n) is 6.88. The monoisotopic (exact) mass is 520 g/mol. The molecule has 30 heavy (non-hydrogen) atoms. The number of ether oxygens (including phenoxy) is 2. The molecule has 1 aliphatic rings. The predicted octanol–water partition coefficient (Wildman–Crippen LogP) is 3.62. The Hall–Kier alpha value is -2.88. The Labute approximate surface area is 188 Å². The van der Waals surface area contributed by atoms with Crippen LogP contribution < -0.4 is 9.47 Å². The minimum absolute atomic E-state index is 0.0919. The van der Waals surface area contributed by atoms with Gasteiger partial charge in [-0.3, -0.25) is 19.4 Å². The van der Waals surface area contributed by atoms with Crippen molar-refractivity contribution in [2.45, 2.75) is 13.5 Å². The number of methoxy groups -OCH3 is 1. The largest absolute Gasteiger partial charge is 0.493 e. The molecule has 1 heterocycles. The summed E-state index contributed by atoms with van der Waals surface area (Å²) < 4.78 is 12.2. The van der Waals surface area contributed by atoms with Crippen molar-refractivity contribution in [1.29, 1.82) is 0 Å². The fourth-order valence-corrected chi connectivity index (χ4v) is 3.73. The summed E-state index contributed by atoms with van der Waals surface area (Å²) in [5, 5.41) is 0. The molecule has 1 saturated heterocycles. The van der Waals surface area contributed by atoms with Crippen LogP contribution in [0, 0.1) is 10.5 Å². The van der Waals surface area contributed by atoms with Crippen molar-refractivity contribution in [3.05, 3.63) is 62.2 Å². The molecule has 0 aliphatic carbocycles. The number of imide groups is 2. The third kappa shape index (κ3) is 4.33. The first kappa shape index (κ1) is 21.8. The minimum atomic E-state index is -0.658. The molecule has 0 bridgehead atoms. The van der Waals surface area contributed by atoms with E-state index >= 15 is 0 Å². The van der Waals surface area contributed by atoms with E-state index in [2.05, 4.69) is 22.6 Å². The first-order chi connectivity index (χ1) is 14.2. The van der Waals surface area contributed by atoms with Gasteiger partial charge in [-0.2, -0.15) is 0 Å². The number of nitrogens with zero attached hydrogens (tertiary/aromatic N) is 2. The molecule has 4 amide bonds. The molecule has 8 heteroatoms. The molecule has 0 N–H and O–H groups in total. The van der Waals surface area contributed by atoms with Crippen LogP contribution in [0.3, 0.4) is 0 Å². The summed E-state index contributed by atoms with van der Waals surface area (Å²) in [6.45, 7) is 2.40.